The van der Waals surface area contributed by atoms with E-state index in [9.17, 15) is 32.7 Å². The summed E-state index contributed by atoms with van der Waals surface area (Å²) in [4.78, 5) is 60.5. The highest BCUT2D eigenvalue weighted by atomic mass is 32.2. The molecule has 3 heterocycles. The number of nitrogens with one attached hydrogen (secondary N) is 3. The van der Waals surface area contributed by atoms with Crippen molar-refractivity contribution in [3.63, 3.8) is 0 Å². The number of sulfonamides is 1. The summed E-state index contributed by atoms with van der Waals surface area (Å²) in [6.07, 6.45) is 6.79. The summed E-state index contributed by atoms with van der Waals surface area (Å²) in [6, 6.07) is 5.08. The van der Waals surface area contributed by atoms with Gasteiger partial charge < -0.3 is 30.1 Å². The molecule has 2 saturated carbocycles. The van der Waals surface area contributed by atoms with E-state index in [0.29, 0.717) is 43.2 Å². The molecule has 15 heteroatoms. The van der Waals surface area contributed by atoms with Gasteiger partial charge >= 0.3 is 6.09 Å². The van der Waals surface area contributed by atoms with Crippen LogP contribution in [0.1, 0.15) is 72.1 Å². The number of amides is 4. The summed E-state index contributed by atoms with van der Waals surface area (Å²) >= 11 is 0. The number of rotatable bonds is 8. The van der Waals surface area contributed by atoms with Crippen LogP contribution in [0.5, 0.6) is 11.6 Å². The van der Waals surface area contributed by atoms with Crippen LogP contribution in [0.2, 0.25) is 0 Å². The van der Waals surface area contributed by atoms with Crippen LogP contribution in [0.25, 0.3) is 10.8 Å². The quantitative estimate of drug-likeness (QED) is 0.293. The summed E-state index contributed by atoms with van der Waals surface area (Å²) in [7, 11) is -2.46. The number of carbonyl (C=O) groups is 4. The standard InChI is InChI=1S/C36H47N5O9S/c1-5-22-16-21(2)10-6-7-11-23-18-36(23,33(44)40-51(47,48)35(3)14-15-35)39-30(42)27-17-24(20-41(27)32(43)29(22)38-34(45)46)50-31-26-13-9-8-12-25(26)28(49-4)19-37-31/h7-9,11-13,19,21-24,27,29,38H,5-6,10,14-18,20H2,1-4H3,(H,39,42)(H,40,44)(H,45,46)/b11-7-/t21-,22+,23?,24+,27-,29-,36?/m0/s1. The summed E-state index contributed by atoms with van der Waals surface area (Å²) in [5, 5.41) is 16.6. The van der Waals surface area contributed by atoms with Crippen molar-refractivity contribution in [3.8, 4) is 11.6 Å². The fourth-order valence-corrected chi connectivity index (χ4v) is 8.82. The Bertz CT molecular complexity index is 1850. The van der Waals surface area contributed by atoms with Gasteiger partial charge in [0, 0.05) is 23.1 Å². The highest BCUT2D eigenvalue weighted by Crippen LogP contribution is 2.47. The Hall–Kier alpha value is -4.40. The molecule has 6 rings (SSSR count). The van der Waals surface area contributed by atoms with E-state index in [1.807, 2.05) is 43.3 Å². The second kappa shape index (κ2) is 14.0. The fourth-order valence-electron chi connectivity index (χ4n) is 7.50. The number of carboxylic acid groups (broad SMARTS) is 1. The maximum atomic E-state index is 14.5. The molecule has 7 atom stereocenters. The van der Waals surface area contributed by atoms with Crippen LogP contribution in [0.3, 0.4) is 0 Å². The lowest BCUT2D eigenvalue weighted by Crippen LogP contribution is -2.59. The van der Waals surface area contributed by atoms with Crippen molar-refractivity contribution >= 4 is 44.6 Å². The van der Waals surface area contributed by atoms with Crippen molar-refractivity contribution in [1.82, 2.24) is 25.2 Å². The first-order valence-electron chi connectivity index (χ1n) is 17.7. The Kier molecular flexibility index (Phi) is 9.96. The number of benzene rings is 1. The van der Waals surface area contributed by atoms with Gasteiger partial charge in [0.05, 0.1) is 24.6 Å². The third-order valence-corrected chi connectivity index (χ3v) is 13.3. The van der Waals surface area contributed by atoms with Gasteiger partial charge in [0.15, 0.2) is 0 Å². The van der Waals surface area contributed by atoms with E-state index in [2.05, 4.69) is 27.3 Å². The zero-order valence-corrected chi connectivity index (χ0v) is 30.2. The second-order valence-electron chi connectivity index (χ2n) is 14.8. The minimum Gasteiger partial charge on any atom is -0.494 e. The SMILES string of the molecule is CC[C@@H]1C[C@@H](C)CC/C=C\C2CC2(C(=O)NS(=O)(=O)C2(C)CC2)NC(=O)[C@@H]2C[C@@H](Oc3ncc(OC)c4ccccc34)CN2C(=O)[C@H]1NC(=O)O. The van der Waals surface area contributed by atoms with E-state index in [1.54, 1.807) is 6.92 Å². The molecular weight excluding hydrogens is 678 g/mol. The molecule has 2 aliphatic heterocycles. The zero-order valence-electron chi connectivity index (χ0n) is 29.4. The molecule has 51 heavy (non-hydrogen) atoms. The predicted molar refractivity (Wildman–Crippen MR) is 187 cm³/mol. The molecule has 4 amide bonds. The molecule has 14 nitrogen and oxygen atoms in total. The molecule has 2 aliphatic carbocycles. The summed E-state index contributed by atoms with van der Waals surface area (Å²) < 4.78 is 39.3. The summed E-state index contributed by atoms with van der Waals surface area (Å²) in [5.41, 5.74) is -1.54. The van der Waals surface area contributed by atoms with Crippen molar-refractivity contribution in [2.75, 3.05) is 13.7 Å². The summed E-state index contributed by atoms with van der Waals surface area (Å²) in [6.45, 7) is 5.48. The van der Waals surface area contributed by atoms with E-state index >= 15 is 0 Å². The fraction of sp³-hybridized carbons (Fsp3) is 0.583. The molecule has 4 N–H and O–H groups in total. The highest BCUT2D eigenvalue weighted by Gasteiger charge is 2.63. The number of carbonyl (C=O) groups excluding carboxylic acids is 3. The van der Waals surface area contributed by atoms with Gasteiger partial charge in [0.2, 0.25) is 27.7 Å². The van der Waals surface area contributed by atoms with Crippen molar-refractivity contribution in [3.05, 3.63) is 42.6 Å². The average Bonchev–Trinajstić information content (AvgIpc) is 3.97. The number of ether oxygens (including phenoxy) is 2. The Morgan fingerprint density at radius 2 is 1.88 bits per heavy atom. The Morgan fingerprint density at radius 1 is 1.16 bits per heavy atom. The largest absolute Gasteiger partial charge is 0.494 e. The number of nitrogens with zero attached hydrogens (tertiary/aromatic N) is 2. The summed E-state index contributed by atoms with van der Waals surface area (Å²) in [5.74, 6) is -1.91. The number of pyridine rings is 1. The van der Waals surface area contributed by atoms with Crippen LogP contribution in [0.4, 0.5) is 4.79 Å². The van der Waals surface area contributed by atoms with Crippen LogP contribution >= 0.6 is 0 Å². The first kappa shape index (κ1) is 36.4. The number of fused-ring (bicyclic) bond motifs is 3. The van der Waals surface area contributed by atoms with Gasteiger partial charge in [-0.1, -0.05) is 50.6 Å². The van der Waals surface area contributed by atoms with Crippen LogP contribution in [-0.2, 0) is 24.4 Å². The minimum absolute atomic E-state index is 0.0150. The average molecular weight is 726 g/mol. The van der Waals surface area contributed by atoms with Crippen LogP contribution in [0.15, 0.2) is 42.6 Å². The van der Waals surface area contributed by atoms with Gasteiger partial charge in [-0.25, -0.2) is 18.2 Å². The third kappa shape index (κ3) is 7.22. The molecule has 2 unspecified atom stereocenters. The number of hydrogen-bond acceptors (Lipinski definition) is 9. The Morgan fingerprint density at radius 3 is 2.55 bits per heavy atom. The maximum Gasteiger partial charge on any atom is 0.405 e. The number of allylic oxidation sites excluding steroid dienone is 1. The Balaban J connectivity index is 1.35. The number of methoxy groups -OCH3 is 1. The number of hydrogen-bond donors (Lipinski definition) is 4. The second-order valence-corrected chi connectivity index (χ2v) is 17.0. The molecule has 2 aromatic rings. The molecule has 4 aliphatic rings. The third-order valence-electron chi connectivity index (χ3n) is 11.1. The molecule has 276 valence electrons. The van der Waals surface area contributed by atoms with Crippen LogP contribution < -0.4 is 24.8 Å². The normalized spacial score (nSPS) is 31.2. The van der Waals surface area contributed by atoms with Crippen molar-refractivity contribution in [2.45, 2.75) is 101 Å². The smallest absolute Gasteiger partial charge is 0.405 e. The molecule has 1 aromatic heterocycles. The monoisotopic (exact) mass is 725 g/mol. The van der Waals surface area contributed by atoms with E-state index in [0.717, 1.165) is 11.8 Å². The van der Waals surface area contributed by atoms with Crippen molar-refractivity contribution in [1.29, 1.82) is 0 Å². The highest BCUT2D eigenvalue weighted by molar-refractivity contribution is 7.91. The minimum atomic E-state index is -4.00. The first-order valence-corrected chi connectivity index (χ1v) is 19.1. The van der Waals surface area contributed by atoms with Gasteiger partial charge in [-0.05, 0) is 63.4 Å². The molecule has 1 saturated heterocycles. The van der Waals surface area contributed by atoms with Gasteiger partial charge in [-0.15, -0.1) is 0 Å². The van der Waals surface area contributed by atoms with E-state index < -0.39 is 68.2 Å². The number of aromatic nitrogens is 1. The van der Waals surface area contributed by atoms with E-state index in [1.165, 1.54) is 18.2 Å². The lowest BCUT2D eigenvalue weighted by Gasteiger charge is -2.33. The van der Waals surface area contributed by atoms with E-state index in [4.69, 9.17) is 9.47 Å². The molecular formula is C36H47N5O9S. The van der Waals surface area contributed by atoms with Gasteiger partial charge in [-0.3, -0.25) is 19.1 Å². The van der Waals surface area contributed by atoms with E-state index in [-0.39, 0.29) is 37.1 Å². The Labute approximate surface area is 297 Å². The van der Waals surface area contributed by atoms with Crippen LogP contribution in [0, 0.1) is 17.8 Å². The van der Waals surface area contributed by atoms with Gasteiger partial charge in [-0.2, -0.15) is 0 Å². The van der Waals surface area contributed by atoms with Crippen molar-refractivity contribution < 1.29 is 42.2 Å². The molecule has 0 bridgehead atoms. The molecule has 3 fully saturated rings. The maximum absolute atomic E-state index is 14.5. The predicted octanol–water partition coefficient (Wildman–Crippen LogP) is 3.50. The van der Waals surface area contributed by atoms with Crippen molar-refractivity contribution in [2.24, 2.45) is 17.8 Å². The molecule has 0 radical (unpaired) electrons. The lowest BCUT2D eigenvalue weighted by atomic mass is 9.85. The molecule has 0 spiro atoms. The van der Waals surface area contributed by atoms with Gasteiger partial charge in [0.25, 0.3) is 5.91 Å². The zero-order chi connectivity index (χ0) is 36.7. The van der Waals surface area contributed by atoms with Gasteiger partial charge in [0.1, 0.15) is 29.5 Å². The topological polar surface area (TPSA) is 193 Å². The lowest BCUT2D eigenvalue weighted by molar-refractivity contribution is -0.142. The van der Waals surface area contributed by atoms with Crippen LogP contribution in [-0.4, -0.2) is 89.4 Å². The first-order chi connectivity index (χ1) is 24.2. The molecule has 1 aromatic carbocycles.